The third kappa shape index (κ3) is 1.54. The predicted octanol–water partition coefficient (Wildman–Crippen LogP) is 0.397. The molecule has 70 valence electrons. The van der Waals surface area contributed by atoms with E-state index in [0.29, 0.717) is 17.9 Å². The zero-order valence-corrected chi connectivity index (χ0v) is 7.98. The first-order valence-electron chi connectivity index (χ1n) is 4.24. The van der Waals surface area contributed by atoms with Crippen molar-refractivity contribution in [3.8, 4) is 6.01 Å². The van der Waals surface area contributed by atoms with Crippen molar-refractivity contribution in [2.24, 2.45) is 0 Å². The quantitative estimate of drug-likeness (QED) is 0.616. The Morgan fingerprint density at radius 2 is 2.08 bits per heavy atom. The van der Waals surface area contributed by atoms with Gasteiger partial charge in [0.25, 0.3) is 0 Å². The van der Waals surface area contributed by atoms with Crippen molar-refractivity contribution in [2.45, 2.75) is 19.9 Å². The first-order valence-corrected chi connectivity index (χ1v) is 4.24. The van der Waals surface area contributed by atoms with Crippen molar-refractivity contribution in [2.75, 3.05) is 18.6 Å². The molecule has 0 bridgehead atoms. The van der Waals surface area contributed by atoms with Crippen LogP contribution in [0.1, 0.15) is 12.7 Å². The van der Waals surface area contributed by atoms with Crippen molar-refractivity contribution in [1.82, 2.24) is 15.0 Å². The molecular formula is C8H12N4O. The lowest BCUT2D eigenvalue weighted by molar-refractivity contribution is 0.377. The number of aromatic nitrogens is 3. The number of nitrogens with zero attached hydrogens (tertiary/aromatic N) is 4. The maximum atomic E-state index is 4.96. The third-order valence-corrected chi connectivity index (χ3v) is 2.01. The summed E-state index contributed by atoms with van der Waals surface area (Å²) in [5.41, 5.74) is 0. The Bertz CT molecular complexity index is 328. The second-order valence-corrected chi connectivity index (χ2v) is 3.17. The first-order chi connectivity index (χ1) is 6.20. The van der Waals surface area contributed by atoms with E-state index in [4.69, 9.17) is 4.74 Å². The van der Waals surface area contributed by atoms with Gasteiger partial charge in [-0.15, -0.1) is 0 Å². The lowest BCUT2D eigenvalue weighted by atomic mass is 10.6. The highest BCUT2D eigenvalue weighted by atomic mass is 16.5. The number of hydrogen-bond acceptors (Lipinski definition) is 5. The van der Waals surface area contributed by atoms with E-state index in [1.165, 1.54) is 0 Å². The largest absolute Gasteiger partial charge is 0.467 e. The van der Waals surface area contributed by atoms with Crippen LogP contribution in [0.2, 0.25) is 0 Å². The van der Waals surface area contributed by atoms with Gasteiger partial charge in [0.05, 0.1) is 7.11 Å². The van der Waals surface area contributed by atoms with Gasteiger partial charge in [-0.05, 0) is 13.8 Å². The SMILES string of the molecule is COc1nc(C)nc(N2CC2C)n1. The molecule has 1 aliphatic heterocycles. The van der Waals surface area contributed by atoms with E-state index in [-0.39, 0.29) is 0 Å². The van der Waals surface area contributed by atoms with Gasteiger partial charge in [-0.1, -0.05) is 0 Å². The highest BCUT2D eigenvalue weighted by Crippen LogP contribution is 2.24. The number of anilines is 1. The summed E-state index contributed by atoms with van der Waals surface area (Å²) in [5, 5.41) is 0. The summed E-state index contributed by atoms with van der Waals surface area (Å²) < 4.78 is 4.96. The van der Waals surface area contributed by atoms with E-state index in [2.05, 4.69) is 26.8 Å². The van der Waals surface area contributed by atoms with Crippen molar-refractivity contribution in [1.29, 1.82) is 0 Å². The molecule has 0 aliphatic carbocycles. The molecule has 1 aromatic heterocycles. The molecule has 1 aromatic rings. The molecule has 2 rings (SSSR count). The number of hydrogen-bond donors (Lipinski definition) is 0. The number of ether oxygens (including phenoxy) is 1. The summed E-state index contributed by atoms with van der Waals surface area (Å²) >= 11 is 0. The number of aryl methyl sites for hydroxylation is 1. The molecule has 0 radical (unpaired) electrons. The Morgan fingerprint density at radius 1 is 1.38 bits per heavy atom. The standard InChI is InChI=1S/C8H12N4O/c1-5-4-12(5)7-9-6(2)10-8(11-7)13-3/h5H,4H2,1-3H3. The fourth-order valence-corrected chi connectivity index (χ4v) is 1.18. The molecule has 0 saturated carbocycles. The maximum absolute atomic E-state index is 4.96. The molecule has 5 nitrogen and oxygen atoms in total. The fourth-order valence-electron chi connectivity index (χ4n) is 1.18. The molecule has 0 N–H and O–H groups in total. The molecule has 1 fully saturated rings. The van der Waals surface area contributed by atoms with Crippen molar-refractivity contribution in [3.05, 3.63) is 5.82 Å². The van der Waals surface area contributed by atoms with Gasteiger partial charge in [0, 0.05) is 12.6 Å². The minimum atomic E-state index is 0.390. The van der Waals surface area contributed by atoms with Crippen LogP contribution in [-0.4, -0.2) is 34.6 Å². The van der Waals surface area contributed by atoms with E-state index in [1.807, 2.05) is 6.92 Å². The highest BCUT2D eigenvalue weighted by molar-refractivity contribution is 5.41. The van der Waals surface area contributed by atoms with E-state index in [9.17, 15) is 0 Å². The molecule has 1 saturated heterocycles. The Balaban J connectivity index is 2.30. The summed E-state index contributed by atoms with van der Waals surface area (Å²) in [5.74, 6) is 1.41. The fraction of sp³-hybridized carbons (Fsp3) is 0.625. The van der Waals surface area contributed by atoms with Gasteiger partial charge in [0.1, 0.15) is 5.82 Å². The molecule has 0 aromatic carbocycles. The Hall–Kier alpha value is -1.39. The van der Waals surface area contributed by atoms with Crippen LogP contribution in [0.5, 0.6) is 6.01 Å². The first kappa shape index (κ1) is 8.22. The van der Waals surface area contributed by atoms with Gasteiger partial charge in [-0.25, -0.2) is 0 Å². The summed E-state index contributed by atoms with van der Waals surface area (Å²) in [7, 11) is 1.56. The maximum Gasteiger partial charge on any atom is 0.321 e. The van der Waals surface area contributed by atoms with Crippen molar-refractivity contribution < 1.29 is 4.74 Å². The second-order valence-electron chi connectivity index (χ2n) is 3.17. The number of rotatable bonds is 2. The molecule has 0 spiro atoms. The van der Waals surface area contributed by atoms with Gasteiger partial charge in [-0.3, -0.25) is 0 Å². The van der Waals surface area contributed by atoms with E-state index >= 15 is 0 Å². The number of methoxy groups -OCH3 is 1. The van der Waals surface area contributed by atoms with E-state index < -0.39 is 0 Å². The Kier molecular flexibility index (Phi) is 1.79. The molecule has 1 atom stereocenters. The van der Waals surface area contributed by atoms with Crippen LogP contribution in [0.25, 0.3) is 0 Å². The lowest BCUT2D eigenvalue weighted by Gasteiger charge is -2.04. The molecule has 2 heterocycles. The van der Waals surface area contributed by atoms with Gasteiger partial charge in [-0.2, -0.15) is 15.0 Å². The second kappa shape index (κ2) is 2.83. The van der Waals surface area contributed by atoms with Crippen LogP contribution in [0, 0.1) is 6.92 Å². The zero-order chi connectivity index (χ0) is 9.42. The zero-order valence-electron chi connectivity index (χ0n) is 7.98. The van der Waals surface area contributed by atoms with Crippen molar-refractivity contribution in [3.63, 3.8) is 0 Å². The molecule has 0 amide bonds. The van der Waals surface area contributed by atoms with Crippen LogP contribution in [0.15, 0.2) is 0 Å². The Labute approximate surface area is 76.8 Å². The van der Waals surface area contributed by atoms with Gasteiger partial charge in [0.15, 0.2) is 0 Å². The van der Waals surface area contributed by atoms with Crippen LogP contribution in [-0.2, 0) is 0 Å². The van der Waals surface area contributed by atoms with Crippen LogP contribution in [0.3, 0.4) is 0 Å². The third-order valence-electron chi connectivity index (χ3n) is 2.01. The lowest BCUT2D eigenvalue weighted by Crippen LogP contribution is -2.06. The monoisotopic (exact) mass is 180 g/mol. The summed E-state index contributed by atoms with van der Waals surface area (Å²) in [6.45, 7) is 4.99. The van der Waals surface area contributed by atoms with Crippen LogP contribution in [0.4, 0.5) is 5.95 Å². The average Bonchev–Trinajstić information content (AvgIpc) is 2.81. The van der Waals surface area contributed by atoms with Gasteiger partial charge < -0.3 is 9.64 Å². The topological polar surface area (TPSA) is 50.9 Å². The highest BCUT2D eigenvalue weighted by Gasteiger charge is 2.32. The van der Waals surface area contributed by atoms with Crippen LogP contribution < -0.4 is 9.64 Å². The molecule has 5 heteroatoms. The van der Waals surface area contributed by atoms with Gasteiger partial charge >= 0.3 is 6.01 Å². The van der Waals surface area contributed by atoms with Crippen molar-refractivity contribution >= 4 is 5.95 Å². The molecule has 1 unspecified atom stereocenters. The molecule has 13 heavy (non-hydrogen) atoms. The molecular weight excluding hydrogens is 168 g/mol. The summed E-state index contributed by atoms with van der Waals surface area (Å²) in [6, 6.07) is 0.938. The average molecular weight is 180 g/mol. The Morgan fingerprint density at radius 3 is 2.62 bits per heavy atom. The predicted molar refractivity (Wildman–Crippen MR) is 47.9 cm³/mol. The summed E-state index contributed by atoms with van der Waals surface area (Å²) in [4.78, 5) is 14.5. The van der Waals surface area contributed by atoms with E-state index in [1.54, 1.807) is 7.11 Å². The van der Waals surface area contributed by atoms with Crippen LogP contribution >= 0.6 is 0 Å². The minimum absolute atomic E-state index is 0.390. The molecule has 1 aliphatic rings. The summed E-state index contributed by atoms with van der Waals surface area (Å²) in [6.07, 6.45) is 0. The van der Waals surface area contributed by atoms with Gasteiger partial charge in [0.2, 0.25) is 5.95 Å². The normalized spacial score (nSPS) is 20.2. The van der Waals surface area contributed by atoms with E-state index in [0.717, 1.165) is 12.5 Å². The smallest absolute Gasteiger partial charge is 0.321 e. The minimum Gasteiger partial charge on any atom is -0.467 e.